The molecule has 3 rings (SSSR count). The molecule has 0 aliphatic carbocycles. The van der Waals surface area contributed by atoms with Crippen LogP contribution in [0.25, 0.3) is 11.3 Å². The van der Waals surface area contributed by atoms with Gasteiger partial charge in [0.2, 0.25) is 0 Å². The predicted molar refractivity (Wildman–Crippen MR) is 81.6 cm³/mol. The van der Waals surface area contributed by atoms with Gasteiger partial charge in [-0.05, 0) is 37.6 Å². The monoisotopic (exact) mass is 287 g/mol. The Bertz CT molecular complexity index is 595. The maximum atomic E-state index is 5.61. The van der Waals surface area contributed by atoms with Crippen LogP contribution in [0, 0.1) is 0 Å². The number of aromatic amines is 1. The van der Waals surface area contributed by atoms with Crippen LogP contribution in [0.2, 0.25) is 0 Å². The first-order valence-electron chi connectivity index (χ1n) is 7.51. The van der Waals surface area contributed by atoms with E-state index in [0.717, 1.165) is 60.8 Å². The fraction of sp³-hybridized carbons (Fsp3) is 0.438. The largest absolute Gasteiger partial charge is 0.486 e. The second-order valence-corrected chi connectivity index (χ2v) is 5.20. The van der Waals surface area contributed by atoms with Crippen molar-refractivity contribution in [2.75, 3.05) is 19.8 Å². The standard InChI is InChI=1S/C16H21N3O2/c17-7-3-1-2-4-16-18-11-13(19-16)12-5-6-14-15(10-12)21-9-8-20-14/h5-6,10-11H,1-4,7-9,17H2,(H,18,19). The highest BCUT2D eigenvalue weighted by atomic mass is 16.6. The molecule has 1 aliphatic rings. The number of benzene rings is 1. The lowest BCUT2D eigenvalue weighted by Gasteiger charge is -2.18. The Kier molecular flexibility index (Phi) is 4.40. The van der Waals surface area contributed by atoms with Crippen LogP contribution in [0.3, 0.4) is 0 Å². The molecule has 21 heavy (non-hydrogen) atoms. The van der Waals surface area contributed by atoms with Crippen molar-refractivity contribution < 1.29 is 9.47 Å². The minimum Gasteiger partial charge on any atom is -0.486 e. The molecule has 1 aromatic carbocycles. The summed E-state index contributed by atoms with van der Waals surface area (Å²) in [5.41, 5.74) is 7.58. The van der Waals surface area contributed by atoms with Gasteiger partial charge in [-0.1, -0.05) is 6.42 Å². The van der Waals surface area contributed by atoms with Gasteiger partial charge in [-0.2, -0.15) is 0 Å². The minimum absolute atomic E-state index is 0.603. The first-order chi connectivity index (χ1) is 10.4. The van der Waals surface area contributed by atoms with E-state index in [2.05, 4.69) is 9.97 Å². The van der Waals surface area contributed by atoms with E-state index in [0.29, 0.717) is 13.2 Å². The highest BCUT2D eigenvalue weighted by Crippen LogP contribution is 2.33. The number of hydrogen-bond donors (Lipinski definition) is 2. The second-order valence-electron chi connectivity index (χ2n) is 5.20. The third-order valence-electron chi connectivity index (χ3n) is 3.60. The highest BCUT2D eigenvalue weighted by molar-refractivity contribution is 5.63. The number of H-pyrrole nitrogens is 1. The zero-order chi connectivity index (χ0) is 14.5. The molecule has 0 atom stereocenters. The van der Waals surface area contributed by atoms with Gasteiger partial charge in [0.15, 0.2) is 11.5 Å². The molecule has 2 aromatic rings. The summed E-state index contributed by atoms with van der Waals surface area (Å²) in [4.78, 5) is 7.82. The molecule has 2 heterocycles. The number of aryl methyl sites for hydroxylation is 1. The zero-order valence-corrected chi connectivity index (χ0v) is 12.1. The number of aromatic nitrogens is 2. The normalized spacial score (nSPS) is 13.4. The molecule has 3 N–H and O–H groups in total. The van der Waals surface area contributed by atoms with Gasteiger partial charge in [-0.3, -0.25) is 0 Å². The van der Waals surface area contributed by atoms with Crippen LogP contribution in [0.4, 0.5) is 0 Å². The van der Waals surface area contributed by atoms with Crippen LogP contribution in [0.5, 0.6) is 11.5 Å². The molecule has 112 valence electrons. The summed E-state index contributed by atoms with van der Waals surface area (Å²) in [6, 6.07) is 5.98. The average molecular weight is 287 g/mol. The SMILES string of the molecule is NCCCCCc1ncc(-c2ccc3c(c2)OCCO3)[nH]1. The lowest BCUT2D eigenvalue weighted by molar-refractivity contribution is 0.171. The molecule has 1 aliphatic heterocycles. The number of ether oxygens (including phenoxy) is 2. The molecular weight excluding hydrogens is 266 g/mol. The van der Waals surface area contributed by atoms with E-state index in [9.17, 15) is 0 Å². The van der Waals surface area contributed by atoms with Gasteiger partial charge in [0.25, 0.3) is 0 Å². The van der Waals surface area contributed by atoms with Crippen LogP contribution >= 0.6 is 0 Å². The fourth-order valence-electron chi connectivity index (χ4n) is 2.46. The lowest BCUT2D eigenvalue weighted by atomic mass is 10.1. The number of fused-ring (bicyclic) bond motifs is 1. The van der Waals surface area contributed by atoms with Gasteiger partial charge in [0, 0.05) is 12.0 Å². The maximum Gasteiger partial charge on any atom is 0.162 e. The van der Waals surface area contributed by atoms with E-state index in [4.69, 9.17) is 15.2 Å². The number of nitrogens with zero attached hydrogens (tertiary/aromatic N) is 1. The average Bonchev–Trinajstić information content (AvgIpc) is 3.00. The smallest absolute Gasteiger partial charge is 0.162 e. The summed E-state index contributed by atoms with van der Waals surface area (Å²) in [6.45, 7) is 1.98. The topological polar surface area (TPSA) is 73.2 Å². The van der Waals surface area contributed by atoms with Crippen molar-refractivity contribution in [1.29, 1.82) is 0 Å². The zero-order valence-electron chi connectivity index (χ0n) is 12.1. The van der Waals surface area contributed by atoms with Crippen LogP contribution < -0.4 is 15.2 Å². The van der Waals surface area contributed by atoms with E-state index < -0.39 is 0 Å². The first-order valence-corrected chi connectivity index (χ1v) is 7.51. The van der Waals surface area contributed by atoms with Gasteiger partial charge in [0.1, 0.15) is 19.0 Å². The summed E-state index contributed by atoms with van der Waals surface area (Å²) in [7, 11) is 0. The van der Waals surface area contributed by atoms with Gasteiger partial charge in [0.05, 0.1) is 11.9 Å². The van der Waals surface area contributed by atoms with Crippen molar-refractivity contribution >= 4 is 0 Å². The van der Waals surface area contributed by atoms with Crippen molar-refractivity contribution in [3.8, 4) is 22.8 Å². The summed E-state index contributed by atoms with van der Waals surface area (Å²) in [6.07, 6.45) is 6.19. The van der Waals surface area contributed by atoms with E-state index in [1.165, 1.54) is 0 Å². The highest BCUT2D eigenvalue weighted by Gasteiger charge is 2.13. The molecule has 0 radical (unpaired) electrons. The van der Waals surface area contributed by atoms with E-state index >= 15 is 0 Å². The van der Waals surface area contributed by atoms with Crippen molar-refractivity contribution in [3.63, 3.8) is 0 Å². The summed E-state index contributed by atoms with van der Waals surface area (Å²) in [5.74, 6) is 2.64. The van der Waals surface area contributed by atoms with Crippen molar-refractivity contribution in [2.45, 2.75) is 25.7 Å². The van der Waals surface area contributed by atoms with Crippen molar-refractivity contribution in [1.82, 2.24) is 9.97 Å². The number of nitrogens with two attached hydrogens (primary N) is 1. The van der Waals surface area contributed by atoms with Gasteiger partial charge >= 0.3 is 0 Å². The Balaban J connectivity index is 1.68. The van der Waals surface area contributed by atoms with Crippen LogP contribution in [-0.4, -0.2) is 29.7 Å². The van der Waals surface area contributed by atoms with Crippen LogP contribution in [-0.2, 0) is 6.42 Å². The van der Waals surface area contributed by atoms with Crippen LogP contribution in [0.1, 0.15) is 25.1 Å². The number of imidazole rings is 1. The maximum absolute atomic E-state index is 5.61. The Labute approximate surface area is 124 Å². The van der Waals surface area contributed by atoms with E-state index in [1.54, 1.807) is 0 Å². The molecule has 0 amide bonds. The van der Waals surface area contributed by atoms with E-state index in [1.807, 2.05) is 24.4 Å². The number of nitrogens with one attached hydrogen (secondary N) is 1. The summed E-state index contributed by atoms with van der Waals surface area (Å²) in [5, 5.41) is 0. The van der Waals surface area contributed by atoms with E-state index in [-0.39, 0.29) is 0 Å². The molecular formula is C16H21N3O2. The predicted octanol–water partition coefficient (Wildman–Crippen LogP) is 2.52. The quantitative estimate of drug-likeness (QED) is 0.801. The summed E-state index contributed by atoms with van der Waals surface area (Å²) < 4.78 is 11.1. The molecule has 0 saturated carbocycles. The molecule has 0 fully saturated rings. The number of hydrogen-bond acceptors (Lipinski definition) is 4. The molecule has 1 aromatic heterocycles. The number of rotatable bonds is 6. The third-order valence-corrected chi connectivity index (χ3v) is 3.60. The van der Waals surface area contributed by atoms with Crippen molar-refractivity contribution in [2.24, 2.45) is 5.73 Å². The molecule has 5 heteroatoms. The molecule has 0 bridgehead atoms. The molecule has 0 unspecified atom stereocenters. The van der Waals surface area contributed by atoms with Gasteiger partial charge in [-0.25, -0.2) is 4.98 Å². The fourth-order valence-corrected chi connectivity index (χ4v) is 2.46. The number of unbranched alkanes of at least 4 members (excludes halogenated alkanes) is 2. The Hall–Kier alpha value is -2.01. The Morgan fingerprint density at radius 3 is 2.81 bits per heavy atom. The van der Waals surface area contributed by atoms with Gasteiger partial charge in [-0.15, -0.1) is 0 Å². The molecule has 0 spiro atoms. The van der Waals surface area contributed by atoms with Crippen molar-refractivity contribution in [3.05, 3.63) is 30.2 Å². The second kappa shape index (κ2) is 6.63. The first kappa shape index (κ1) is 13.9. The lowest BCUT2D eigenvalue weighted by Crippen LogP contribution is -2.15. The van der Waals surface area contributed by atoms with Gasteiger partial charge < -0.3 is 20.2 Å². The minimum atomic E-state index is 0.603. The summed E-state index contributed by atoms with van der Waals surface area (Å²) >= 11 is 0. The molecule has 0 saturated heterocycles. The molecule has 5 nitrogen and oxygen atoms in total. The third kappa shape index (κ3) is 3.36. The Morgan fingerprint density at radius 2 is 1.95 bits per heavy atom. The Morgan fingerprint density at radius 1 is 1.10 bits per heavy atom. The van der Waals surface area contributed by atoms with Crippen LogP contribution in [0.15, 0.2) is 24.4 Å².